The van der Waals surface area contributed by atoms with Gasteiger partial charge in [0.1, 0.15) is 11.9 Å². The third kappa shape index (κ3) is 2.79. The lowest BCUT2D eigenvalue weighted by atomic mass is 10.0. The Bertz CT molecular complexity index is 477. The Morgan fingerprint density at radius 3 is 2.67 bits per heavy atom. The molecular formula is C13H12Cl2O3. The van der Waals surface area contributed by atoms with Crippen LogP contribution in [-0.2, 0) is 14.3 Å². The monoisotopic (exact) mass is 286 g/mol. The van der Waals surface area contributed by atoms with E-state index in [4.69, 9.17) is 32.7 Å². The minimum atomic E-state index is -0.495. The first-order chi connectivity index (χ1) is 8.61. The fraction of sp³-hybridized carbons (Fsp3) is 0.308. The van der Waals surface area contributed by atoms with Crippen LogP contribution < -0.4 is 0 Å². The van der Waals surface area contributed by atoms with Crippen molar-refractivity contribution in [2.75, 3.05) is 6.61 Å². The Hall–Kier alpha value is -1.19. The van der Waals surface area contributed by atoms with Crippen LogP contribution in [0.1, 0.15) is 25.0 Å². The molecule has 1 aliphatic rings. The lowest BCUT2D eigenvalue weighted by Crippen LogP contribution is -2.18. The van der Waals surface area contributed by atoms with Gasteiger partial charge in [0, 0.05) is 22.0 Å². The number of benzene rings is 1. The number of carbonyl (C=O) groups is 1. The van der Waals surface area contributed by atoms with Crippen molar-refractivity contribution in [2.45, 2.75) is 19.4 Å². The molecule has 0 N–H and O–H groups in total. The molecule has 1 heterocycles. The molecule has 0 saturated heterocycles. The Kier molecular flexibility index (Phi) is 4.15. The van der Waals surface area contributed by atoms with Gasteiger partial charge in [-0.25, -0.2) is 4.79 Å². The summed E-state index contributed by atoms with van der Waals surface area (Å²) in [5, 5.41) is 0.969. The molecule has 1 atom stereocenters. The fourth-order valence-electron chi connectivity index (χ4n) is 1.85. The normalized spacial score (nSPS) is 19.2. The number of hydrogen-bond acceptors (Lipinski definition) is 3. The zero-order valence-corrected chi connectivity index (χ0v) is 11.3. The van der Waals surface area contributed by atoms with Crippen molar-refractivity contribution in [3.05, 3.63) is 45.6 Å². The van der Waals surface area contributed by atoms with E-state index in [1.807, 2.05) is 6.92 Å². The maximum absolute atomic E-state index is 11.5. The second-order valence-corrected chi connectivity index (χ2v) is 4.62. The van der Waals surface area contributed by atoms with Crippen LogP contribution in [0.3, 0.4) is 0 Å². The van der Waals surface area contributed by atoms with Crippen LogP contribution in [0.25, 0.3) is 0 Å². The Morgan fingerprint density at radius 1 is 1.39 bits per heavy atom. The van der Waals surface area contributed by atoms with Crippen LogP contribution in [0.5, 0.6) is 0 Å². The predicted molar refractivity (Wildman–Crippen MR) is 69.6 cm³/mol. The Labute approximate surface area is 115 Å². The Morgan fingerprint density at radius 2 is 2.06 bits per heavy atom. The van der Waals surface area contributed by atoms with Crippen molar-refractivity contribution in [3.63, 3.8) is 0 Å². The summed E-state index contributed by atoms with van der Waals surface area (Å²) in [6.07, 6.45) is 1.30. The number of rotatable bonds is 3. The van der Waals surface area contributed by atoms with Gasteiger partial charge in [-0.15, -0.1) is 0 Å². The van der Waals surface area contributed by atoms with Crippen LogP contribution in [0.2, 0.25) is 10.0 Å². The van der Waals surface area contributed by atoms with E-state index in [1.165, 1.54) is 6.08 Å². The van der Waals surface area contributed by atoms with Gasteiger partial charge < -0.3 is 9.47 Å². The Balaban J connectivity index is 2.30. The molecule has 0 bridgehead atoms. The summed E-state index contributed by atoms with van der Waals surface area (Å²) in [7, 11) is 0. The smallest absolute Gasteiger partial charge is 0.334 e. The summed E-state index contributed by atoms with van der Waals surface area (Å²) in [6, 6.07) is 5.18. The van der Waals surface area contributed by atoms with E-state index in [2.05, 4.69) is 0 Å². The number of esters is 1. The first kappa shape index (κ1) is 13.2. The van der Waals surface area contributed by atoms with Crippen LogP contribution in [0.15, 0.2) is 30.0 Å². The number of hydrogen-bond donors (Lipinski definition) is 0. The predicted octanol–water partition coefficient (Wildman–Crippen LogP) is 3.90. The molecule has 0 fully saturated rings. The highest BCUT2D eigenvalue weighted by Crippen LogP contribution is 2.37. The average Bonchev–Trinajstić information content (AvgIpc) is 2.28. The maximum Gasteiger partial charge on any atom is 0.334 e. The SMILES string of the molecule is CCOC1=CC(=O)OC(c2c(Cl)cccc2Cl)C1. The molecule has 5 heteroatoms. The van der Waals surface area contributed by atoms with E-state index in [1.54, 1.807) is 18.2 Å². The molecule has 0 aromatic heterocycles. The van der Waals surface area contributed by atoms with Crippen molar-refractivity contribution in [3.8, 4) is 0 Å². The lowest BCUT2D eigenvalue weighted by molar-refractivity contribution is -0.145. The van der Waals surface area contributed by atoms with E-state index >= 15 is 0 Å². The number of halogens is 2. The van der Waals surface area contributed by atoms with Crippen LogP contribution >= 0.6 is 23.2 Å². The van der Waals surface area contributed by atoms with E-state index in [0.29, 0.717) is 34.4 Å². The number of ether oxygens (including phenoxy) is 2. The molecule has 96 valence electrons. The van der Waals surface area contributed by atoms with Gasteiger partial charge in [0.15, 0.2) is 0 Å². The fourth-order valence-corrected chi connectivity index (χ4v) is 2.50. The summed E-state index contributed by atoms with van der Waals surface area (Å²) in [6.45, 7) is 2.36. The largest absolute Gasteiger partial charge is 0.498 e. The molecule has 2 rings (SSSR count). The summed E-state index contributed by atoms with van der Waals surface area (Å²) in [4.78, 5) is 11.5. The van der Waals surface area contributed by atoms with E-state index in [9.17, 15) is 4.79 Å². The molecular weight excluding hydrogens is 275 g/mol. The molecule has 1 aromatic rings. The minimum absolute atomic E-state index is 0.439. The molecule has 18 heavy (non-hydrogen) atoms. The van der Waals surface area contributed by atoms with Gasteiger partial charge >= 0.3 is 5.97 Å². The molecule has 3 nitrogen and oxygen atoms in total. The first-order valence-corrected chi connectivity index (χ1v) is 6.35. The summed E-state index contributed by atoms with van der Waals surface area (Å²) >= 11 is 12.2. The van der Waals surface area contributed by atoms with Crippen molar-refractivity contribution < 1.29 is 14.3 Å². The van der Waals surface area contributed by atoms with E-state index in [0.717, 1.165) is 0 Å². The van der Waals surface area contributed by atoms with Gasteiger partial charge in [0.2, 0.25) is 0 Å². The molecule has 1 unspecified atom stereocenters. The zero-order valence-electron chi connectivity index (χ0n) is 9.78. The molecule has 0 amide bonds. The van der Waals surface area contributed by atoms with Gasteiger partial charge in [-0.2, -0.15) is 0 Å². The molecule has 1 aliphatic heterocycles. The first-order valence-electron chi connectivity index (χ1n) is 5.59. The number of cyclic esters (lactones) is 1. The highest BCUT2D eigenvalue weighted by molar-refractivity contribution is 6.36. The van der Waals surface area contributed by atoms with E-state index < -0.39 is 12.1 Å². The van der Waals surface area contributed by atoms with Gasteiger partial charge in [0.05, 0.1) is 12.7 Å². The summed E-state index contributed by atoms with van der Waals surface area (Å²) < 4.78 is 10.6. The van der Waals surface area contributed by atoms with Gasteiger partial charge in [-0.1, -0.05) is 29.3 Å². The van der Waals surface area contributed by atoms with Crippen molar-refractivity contribution in [2.24, 2.45) is 0 Å². The lowest BCUT2D eigenvalue weighted by Gasteiger charge is -2.24. The highest BCUT2D eigenvalue weighted by atomic mass is 35.5. The van der Waals surface area contributed by atoms with Crippen molar-refractivity contribution in [1.82, 2.24) is 0 Å². The molecule has 0 radical (unpaired) electrons. The van der Waals surface area contributed by atoms with Crippen LogP contribution in [0.4, 0.5) is 0 Å². The second-order valence-electron chi connectivity index (χ2n) is 3.81. The molecule has 1 aromatic carbocycles. The summed E-state index contributed by atoms with van der Waals surface area (Å²) in [5.74, 6) is 0.153. The quantitative estimate of drug-likeness (QED) is 0.791. The van der Waals surface area contributed by atoms with Crippen molar-refractivity contribution >= 4 is 29.2 Å². The second kappa shape index (κ2) is 5.63. The zero-order chi connectivity index (χ0) is 13.1. The molecule has 0 aliphatic carbocycles. The van der Waals surface area contributed by atoms with Gasteiger partial charge in [-0.3, -0.25) is 0 Å². The third-order valence-corrected chi connectivity index (χ3v) is 3.23. The van der Waals surface area contributed by atoms with Gasteiger partial charge in [0.25, 0.3) is 0 Å². The van der Waals surface area contributed by atoms with E-state index in [-0.39, 0.29) is 0 Å². The standard InChI is InChI=1S/C13H12Cl2O3/c1-2-17-8-6-11(18-12(16)7-8)13-9(14)4-3-5-10(13)15/h3-5,7,11H,2,6H2,1H3. The van der Waals surface area contributed by atoms with Crippen molar-refractivity contribution in [1.29, 1.82) is 0 Å². The van der Waals surface area contributed by atoms with Crippen LogP contribution in [0, 0.1) is 0 Å². The third-order valence-electron chi connectivity index (χ3n) is 2.58. The topological polar surface area (TPSA) is 35.5 Å². The molecule has 0 saturated carbocycles. The number of carbonyl (C=O) groups excluding carboxylic acids is 1. The minimum Gasteiger partial charge on any atom is -0.498 e. The highest BCUT2D eigenvalue weighted by Gasteiger charge is 2.27. The average molecular weight is 287 g/mol. The van der Waals surface area contributed by atoms with Crippen LogP contribution in [-0.4, -0.2) is 12.6 Å². The molecule has 0 spiro atoms. The van der Waals surface area contributed by atoms with Gasteiger partial charge in [-0.05, 0) is 19.1 Å². The summed E-state index contributed by atoms with van der Waals surface area (Å²) in [5.41, 5.74) is 0.625. The maximum atomic E-state index is 11.5.